The first kappa shape index (κ1) is 36.5. The Labute approximate surface area is 267 Å². The molecular formula is C35H53NaO4. The zero-order chi connectivity index (χ0) is 29.9. The van der Waals surface area contributed by atoms with Crippen LogP contribution in [0.25, 0.3) is 0 Å². The van der Waals surface area contributed by atoms with Gasteiger partial charge in [-0.3, -0.25) is 14.4 Å². The van der Waals surface area contributed by atoms with Gasteiger partial charge < -0.3 is 6.53 Å². The summed E-state index contributed by atoms with van der Waals surface area (Å²) in [5.41, 5.74) is 0.583. The van der Waals surface area contributed by atoms with Gasteiger partial charge in [0.2, 0.25) is 0 Å². The van der Waals surface area contributed by atoms with Crippen LogP contribution in [-0.4, -0.2) is 22.5 Å². The van der Waals surface area contributed by atoms with Gasteiger partial charge in [0.15, 0.2) is 22.8 Å². The molecule has 0 unspecified atom stereocenters. The summed E-state index contributed by atoms with van der Waals surface area (Å²) in [6.45, 7) is 21.6. The van der Waals surface area contributed by atoms with Gasteiger partial charge in [0, 0.05) is 11.5 Å². The Morgan fingerprint density at radius 1 is 0.925 bits per heavy atom. The average Bonchev–Trinajstić information content (AvgIpc) is 2.81. The molecule has 5 heteroatoms. The summed E-state index contributed by atoms with van der Waals surface area (Å²) in [6.07, 6.45) is 11.0. The number of fused-ring (bicyclic) bond motifs is 2. The van der Waals surface area contributed by atoms with Crippen LogP contribution in [0.1, 0.15) is 116 Å². The smallest absolute Gasteiger partial charge is 1.00 e. The van der Waals surface area contributed by atoms with E-state index in [1.54, 1.807) is 13.8 Å². The molecule has 0 radical (unpaired) electrons. The molecule has 0 aromatic carbocycles. The van der Waals surface area contributed by atoms with Crippen molar-refractivity contribution in [2.45, 2.75) is 115 Å². The number of Topliss-reactive ketones (excluding diaryl/α,β-unsaturated/α-hetero) is 3. The molecular weight excluding hydrogens is 507 g/mol. The van der Waals surface area contributed by atoms with E-state index >= 15 is 0 Å². The van der Waals surface area contributed by atoms with Crippen LogP contribution in [0.4, 0.5) is 0 Å². The number of carbonyl (C=O) groups is 3. The van der Waals surface area contributed by atoms with Gasteiger partial charge in [-0.05, 0) is 105 Å². The molecule has 1 fully saturated rings. The van der Waals surface area contributed by atoms with Crippen molar-refractivity contribution in [1.29, 1.82) is 0 Å². The summed E-state index contributed by atoms with van der Waals surface area (Å²) >= 11 is 0. The summed E-state index contributed by atoms with van der Waals surface area (Å²) in [4.78, 5) is 44.3. The van der Waals surface area contributed by atoms with Gasteiger partial charge in [-0.25, -0.2) is 0 Å². The summed E-state index contributed by atoms with van der Waals surface area (Å²) in [5.74, 6) is -1.93. The summed E-state index contributed by atoms with van der Waals surface area (Å²) < 4.78 is 0. The van der Waals surface area contributed by atoms with Gasteiger partial charge >= 0.3 is 29.6 Å². The van der Waals surface area contributed by atoms with Crippen LogP contribution in [0.2, 0.25) is 0 Å². The van der Waals surface area contributed by atoms with Crippen LogP contribution in [0.3, 0.4) is 0 Å². The first-order valence-electron chi connectivity index (χ1n) is 14.6. The molecule has 2 aliphatic carbocycles. The minimum Gasteiger partial charge on any atom is -1.00 e. The van der Waals surface area contributed by atoms with Crippen molar-refractivity contribution in [1.82, 2.24) is 0 Å². The van der Waals surface area contributed by atoms with Crippen LogP contribution < -0.4 is 29.6 Å². The quantitative estimate of drug-likeness (QED) is 0.188. The number of ketones is 3. The molecule has 0 saturated heterocycles. The molecule has 4 atom stereocenters. The normalized spacial score (nSPS) is 27.6. The maximum Gasteiger partial charge on any atom is 1.00 e. The topological polar surface area (TPSA) is 71.4 Å². The summed E-state index contributed by atoms with van der Waals surface area (Å²) in [5, 5.41) is 11.9. The van der Waals surface area contributed by atoms with Crippen molar-refractivity contribution in [2.24, 2.45) is 28.1 Å². The van der Waals surface area contributed by atoms with Crippen molar-refractivity contribution < 1.29 is 50.5 Å². The van der Waals surface area contributed by atoms with Gasteiger partial charge in [-0.15, -0.1) is 0 Å². The molecule has 2 bridgehead atoms. The minimum absolute atomic E-state index is 0. The number of rotatable bonds is 11. The second-order valence-corrected chi connectivity index (χ2v) is 13.5. The van der Waals surface area contributed by atoms with Gasteiger partial charge in [0.05, 0.1) is 5.41 Å². The fourth-order valence-corrected chi connectivity index (χ4v) is 6.71. The third-order valence-electron chi connectivity index (χ3n) is 8.98. The standard InChI is InChI=1S/C35H52O4.Na.H/c1-22(2)13-12-19-33(11)27(16-14-23(3)4)21-34(20-18-25(7)8)30(37)28(17-15-24(5)6)31(38)35(33,32(34)39)29(36)26(9)10;;/h13-15,18,26-27,37H,12,16-17,19-21H2,1-11H3;;/q;+1;-1/t27-,33+,34+,35-;;/m0../s1. The van der Waals surface area contributed by atoms with E-state index in [0.29, 0.717) is 25.7 Å². The van der Waals surface area contributed by atoms with Crippen molar-refractivity contribution in [3.8, 4) is 0 Å². The molecule has 0 aliphatic heterocycles. The molecule has 1 N–H and O–H groups in total. The zero-order valence-electron chi connectivity index (χ0n) is 28.4. The van der Waals surface area contributed by atoms with E-state index in [1.807, 2.05) is 74.5 Å². The van der Waals surface area contributed by atoms with E-state index in [0.717, 1.165) is 16.7 Å². The Kier molecular flexibility index (Phi) is 12.9. The second kappa shape index (κ2) is 14.1. The molecule has 0 aromatic heterocycles. The van der Waals surface area contributed by atoms with Crippen molar-refractivity contribution in [2.75, 3.05) is 0 Å². The first-order valence-corrected chi connectivity index (χ1v) is 14.6. The second-order valence-electron chi connectivity index (χ2n) is 13.5. The van der Waals surface area contributed by atoms with Gasteiger partial charge in [0.25, 0.3) is 0 Å². The third-order valence-corrected chi connectivity index (χ3v) is 8.98. The number of carbonyl (C=O) groups excluding carboxylic acids is 3. The van der Waals surface area contributed by atoms with Crippen molar-refractivity contribution in [3.05, 3.63) is 57.9 Å². The van der Waals surface area contributed by atoms with E-state index in [4.69, 9.17) is 0 Å². The number of aliphatic hydroxyl groups is 1. The van der Waals surface area contributed by atoms with Crippen LogP contribution >= 0.6 is 0 Å². The largest absolute Gasteiger partial charge is 1.00 e. The Hall–Kier alpha value is -1.49. The predicted molar refractivity (Wildman–Crippen MR) is 163 cm³/mol. The maximum absolute atomic E-state index is 15.0. The Bertz CT molecular complexity index is 1150. The molecule has 218 valence electrons. The van der Waals surface area contributed by atoms with Crippen LogP contribution in [0.5, 0.6) is 0 Å². The third kappa shape index (κ3) is 6.60. The van der Waals surface area contributed by atoms with E-state index in [9.17, 15) is 19.5 Å². The fourth-order valence-electron chi connectivity index (χ4n) is 6.71. The predicted octanol–water partition coefficient (Wildman–Crippen LogP) is 6.11. The molecule has 2 aliphatic rings. The molecule has 0 heterocycles. The Balaban J connectivity index is 0.00000800. The van der Waals surface area contributed by atoms with Gasteiger partial charge in [-0.2, -0.15) is 0 Å². The van der Waals surface area contributed by atoms with Gasteiger partial charge in [-0.1, -0.05) is 67.4 Å². The van der Waals surface area contributed by atoms with Crippen LogP contribution in [0.15, 0.2) is 57.9 Å². The molecule has 1 saturated carbocycles. The van der Waals surface area contributed by atoms with Crippen molar-refractivity contribution >= 4 is 17.3 Å². The zero-order valence-corrected chi connectivity index (χ0v) is 29.4. The molecule has 0 amide bonds. The molecule has 0 spiro atoms. The first-order chi connectivity index (χ1) is 18.0. The number of allylic oxidation sites excluding steroid dienone is 10. The number of aliphatic hydroxyl groups excluding tert-OH is 1. The van der Waals surface area contributed by atoms with Crippen LogP contribution in [-0.2, 0) is 14.4 Å². The van der Waals surface area contributed by atoms with E-state index in [-0.39, 0.29) is 72.6 Å². The van der Waals surface area contributed by atoms with E-state index < -0.39 is 27.9 Å². The number of hydrogen-bond acceptors (Lipinski definition) is 4. The molecule has 4 nitrogen and oxygen atoms in total. The van der Waals surface area contributed by atoms with Crippen molar-refractivity contribution in [3.63, 3.8) is 0 Å². The monoisotopic (exact) mass is 560 g/mol. The maximum atomic E-state index is 15.0. The average molecular weight is 561 g/mol. The van der Waals surface area contributed by atoms with Crippen LogP contribution in [0, 0.1) is 28.1 Å². The Morgan fingerprint density at radius 3 is 1.93 bits per heavy atom. The summed E-state index contributed by atoms with van der Waals surface area (Å²) in [7, 11) is 0. The molecule has 40 heavy (non-hydrogen) atoms. The fraction of sp³-hybridized carbons (Fsp3) is 0.629. The Morgan fingerprint density at radius 2 is 1.45 bits per heavy atom. The molecule has 2 rings (SSSR count). The number of hydrogen-bond donors (Lipinski definition) is 1. The van der Waals surface area contributed by atoms with E-state index in [2.05, 4.69) is 12.2 Å². The SMILES string of the molecule is CC(C)=CCC[C@]1(C)[C@@H](CC=C(C)C)C[C@@]2(CC=C(C)C)C(=O)[C@]1(C(=O)C(C)C)C(=O)C(CC=C(C)C)=C2O.[H-].[Na+]. The van der Waals surface area contributed by atoms with Gasteiger partial charge in [0.1, 0.15) is 5.76 Å². The summed E-state index contributed by atoms with van der Waals surface area (Å²) in [6, 6.07) is 0. The molecule has 0 aromatic rings. The minimum atomic E-state index is -1.83. The van der Waals surface area contributed by atoms with E-state index in [1.165, 1.54) is 5.57 Å².